The molecule has 1 aliphatic carbocycles. The van der Waals surface area contributed by atoms with E-state index in [9.17, 15) is 19.2 Å². The van der Waals surface area contributed by atoms with Gasteiger partial charge in [-0.3, -0.25) is 19.2 Å². The molecule has 2 N–H and O–H groups in total. The molecule has 4 aromatic heterocycles. The second kappa shape index (κ2) is 14.6. The van der Waals surface area contributed by atoms with E-state index < -0.39 is 0 Å². The van der Waals surface area contributed by atoms with Gasteiger partial charge in [-0.05, 0) is 43.5 Å². The molecule has 4 heterocycles. The molecule has 1 saturated carbocycles. The van der Waals surface area contributed by atoms with Crippen LogP contribution in [0.3, 0.4) is 0 Å². The first-order valence-electron chi connectivity index (χ1n) is 14.7. The van der Waals surface area contributed by atoms with Crippen LogP contribution >= 0.6 is 22.7 Å². The summed E-state index contributed by atoms with van der Waals surface area (Å²) in [5, 5.41) is 25.3. The molecular formula is C30H34N10O4S2. The Labute approximate surface area is 273 Å². The molecule has 1 fully saturated rings. The number of aromatic nitrogens is 6. The first-order chi connectivity index (χ1) is 22.0. The van der Waals surface area contributed by atoms with Crippen LogP contribution in [0.25, 0.3) is 0 Å². The molecule has 240 valence electrons. The van der Waals surface area contributed by atoms with Gasteiger partial charge in [-0.15, -0.1) is 20.4 Å². The number of amides is 4. The molecule has 5 rings (SSSR count). The second-order valence-electron chi connectivity index (χ2n) is 11.0. The van der Waals surface area contributed by atoms with Crippen molar-refractivity contribution >= 4 is 68.2 Å². The Morgan fingerprint density at radius 1 is 0.717 bits per heavy atom. The van der Waals surface area contributed by atoms with Crippen molar-refractivity contribution in [1.82, 2.24) is 30.4 Å². The summed E-state index contributed by atoms with van der Waals surface area (Å²) >= 11 is 2.72. The van der Waals surface area contributed by atoms with Crippen LogP contribution < -0.4 is 20.4 Å². The molecule has 0 saturated heterocycles. The molecule has 46 heavy (non-hydrogen) atoms. The van der Waals surface area contributed by atoms with Crippen molar-refractivity contribution in [2.45, 2.75) is 64.2 Å². The van der Waals surface area contributed by atoms with Gasteiger partial charge in [-0.25, -0.2) is 9.97 Å². The Kier molecular flexibility index (Phi) is 10.4. The minimum atomic E-state index is -0.269. The van der Waals surface area contributed by atoms with Gasteiger partial charge in [0.15, 0.2) is 0 Å². The summed E-state index contributed by atoms with van der Waals surface area (Å²) in [4.78, 5) is 60.4. The highest BCUT2D eigenvalue weighted by atomic mass is 32.1. The average molecular weight is 663 g/mol. The van der Waals surface area contributed by atoms with E-state index in [1.165, 1.54) is 46.3 Å². The quantitative estimate of drug-likeness (QED) is 0.253. The van der Waals surface area contributed by atoms with Gasteiger partial charge in [0.25, 0.3) is 0 Å². The summed E-state index contributed by atoms with van der Waals surface area (Å²) in [5.74, 6) is 0.449. The lowest BCUT2D eigenvalue weighted by Crippen LogP contribution is -2.24. The van der Waals surface area contributed by atoms with Gasteiger partial charge in [-0.1, -0.05) is 41.2 Å². The summed E-state index contributed by atoms with van der Waals surface area (Å²) < 4.78 is 0. The SMILES string of the molecule is CC(=O)N(C)c1cccc(CC(=O)Nc2nnc([C@H]3CCC[C@H](c4nnc(NC(=O)Cc5cccc(N(C)C(C)=O)n5)s4)C3)s2)n1. The zero-order valence-electron chi connectivity index (χ0n) is 25.9. The van der Waals surface area contributed by atoms with Gasteiger partial charge in [0, 0.05) is 39.8 Å². The average Bonchev–Trinajstić information content (AvgIpc) is 3.70. The van der Waals surface area contributed by atoms with Gasteiger partial charge in [0.05, 0.1) is 24.2 Å². The fourth-order valence-corrected chi connectivity index (χ4v) is 6.84. The molecule has 0 aromatic carbocycles. The molecule has 4 aromatic rings. The molecule has 14 nitrogen and oxygen atoms in total. The number of carbonyl (C=O) groups is 4. The number of pyridine rings is 2. The lowest BCUT2D eigenvalue weighted by molar-refractivity contribution is -0.117. The Morgan fingerprint density at radius 3 is 1.57 bits per heavy atom. The number of nitrogens with zero attached hydrogens (tertiary/aromatic N) is 8. The molecule has 0 unspecified atom stereocenters. The third-order valence-electron chi connectivity index (χ3n) is 7.65. The van der Waals surface area contributed by atoms with Crippen molar-refractivity contribution < 1.29 is 19.2 Å². The van der Waals surface area contributed by atoms with Gasteiger partial charge < -0.3 is 20.4 Å². The molecule has 1 aliphatic rings. The van der Waals surface area contributed by atoms with Crippen molar-refractivity contribution in [3.8, 4) is 0 Å². The van der Waals surface area contributed by atoms with E-state index in [4.69, 9.17) is 0 Å². The van der Waals surface area contributed by atoms with E-state index in [1.54, 1.807) is 50.5 Å². The smallest absolute Gasteiger partial charge is 0.232 e. The number of anilines is 4. The molecule has 2 atom stereocenters. The van der Waals surface area contributed by atoms with E-state index in [-0.39, 0.29) is 48.3 Å². The first-order valence-corrected chi connectivity index (χ1v) is 16.4. The molecule has 0 spiro atoms. The topological polar surface area (TPSA) is 176 Å². The van der Waals surface area contributed by atoms with Gasteiger partial charge in [-0.2, -0.15) is 0 Å². The van der Waals surface area contributed by atoms with Crippen LogP contribution in [0.2, 0.25) is 0 Å². The summed E-state index contributed by atoms with van der Waals surface area (Å²) in [5.41, 5.74) is 1.08. The first kappa shape index (κ1) is 32.7. The van der Waals surface area contributed by atoms with E-state index in [1.807, 2.05) is 0 Å². The summed E-state index contributed by atoms with van der Waals surface area (Å²) in [6.45, 7) is 2.90. The molecule has 0 bridgehead atoms. The van der Waals surface area contributed by atoms with Crippen molar-refractivity contribution in [3.63, 3.8) is 0 Å². The zero-order chi connectivity index (χ0) is 32.8. The Bertz CT molecular complexity index is 1620. The van der Waals surface area contributed by atoms with Crippen LogP contribution in [0.15, 0.2) is 36.4 Å². The highest BCUT2D eigenvalue weighted by Crippen LogP contribution is 2.43. The van der Waals surface area contributed by atoms with E-state index in [0.29, 0.717) is 33.3 Å². The summed E-state index contributed by atoms with van der Waals surface area (Å²) in [7, 11) is 3.27. The minimum absolute atomic E-state index is 0.0377. The van der Waals surface area contributed by atoms with E-state index >= 15 is 0 Å². The summed E-state index contributed by atoms with van der Waals surface area (Å²) in [6, 6.07) is 10.4. The monoisotopic (exact) mass is 662 g/mol. The Hall–Kier alpha value is -4.70. The molecule has 16 heteroatoms. The largest absolute Gasteiger partial charge is 0.300 e. The van der Waals surface area contributed by atoms with Crippen LogP contribution in [-0.4, -0.2) is 68.1 Å². The minimum Gasteiger partial charge on any atom is -0.300 e. The maximum Gasteiger partial charge on any atom is 0.232 e. The van der Waals surface area contributed by atoms with Crippen LogP contribution in [-0.2, 0) is 32.0 Å². The molecular weight excluding hydrogens is 629 g/mol. The molecule has 0 radical (unpaired) electrons. The number of carbonyl (C=O) groups excluding carboxylic acids is 4. The van der Waals surface area contributed by atoms with Crippen molar-refractivity contribution in [2.24, 2.45) is 0 Å². The van der Waals surface area contributed by atoms with Crippen molar-refractivity contribution in [3.05, 3.63) is 57.8 Å². The fourth-order valence-electron chi connectivity index (χ4n) is 5.02. The van der Waals surface area contributed by atoms with Crippen molar-refractivity contribution in [2.75, 3.05) is 34.5 Å². The van der Waals surface area contributed by atoms with E-state index in [2.05, 4.69) is 41.0 Å². The van der Waals surface area contributed by atoms with E-state index in [0.717, 1.165) is 35.7 Å². The third-order valence-corrected chi connectivity index (χ3v) is 9.65. The predicted octanol–water partition coefficient (Wildman–Crippen LogP) is 3.95. The lowest BCUT2D eigenvalue weighted by Gasteiger charge is -2.25. The predicted molar refractivity (Wildman–Crippen MR) is 175 cm³/mol. The van der Waals surface area contributed by atoms with Gasteiger partial charge in [0.1, 0.15) is 21.7 Å². The van der Waals surface area contributed by atoms with Crippen LogP contribution in [0.5, 0.6) is 0 Å². The summed E-state index contributed by atoms with van der Waals surface area (Å²) in [6.07, 6.45) is 3.77. The number of hydrogen-bond donors (Lipinski definition) is 2. The van der Waals surface area contributed by atoms with Gasteiger partial charge >= 0.3 is 0 Å². The number of nitrogens with one attached hydrogen (secondary N) is 2. The second-order valence-corrected chi connectivity index (χ2v) is 13.0. The van der Waals surface area contributed by atoms with Crippen LogP contribution in [0.4, 0.5) is 21.9 Å². The Morgan fingerprint density at radius 2 is 1.15 bits per heavy atom. The van der Waals surface area contributed by atoms with Gasteiger partial charge in [0.2, 0.25) is 33.9 Å². The highest BCUT2D eigenvalue weighted by molar-refractivity contribution is 7.15. The molecule has 4 amide bonds. The molecule has 0 aliphatic heterocycles. The van der Waals surface area contributed by atoms with Crippen molar-refractivity contribution in [1.29, 1.82) is 0 Å². The third kappa shape index (κ3) is 8.31. The maximum atomic E-state index is 12.7. The van der Waals surface area contributed by atoms with Crippen LogP contribution in [0, 0.1) is 0 Å². The van der Waals surface area contributed by atoms with Crippen LogP contribution in [0.1, 0.15) is 72.8 Å². The number of hydrogen-bond acceptors (Lipinski definition) is 12. The Balaban J connectivity index is 1.14. The highest BCUT2D eigenvalue weighted by Gasteiger charge is 2.29. The fraction of sp³-hybridized carbons (Fsp3) is 0.400. The standard InChI is InChI=1S/C30H34N10O4S2/c1-17(41)39(3)23-12-6-10-21(31-23)15-25(43)33-29-37-35-27(45-29)19-8-5-9-20(14-19)28-36-38-30(46-28)34-26(44)16-22-11-7-13-24(32-22)40(4)18(2)42/h6-7,10-13,19-20H,5,8-9,14-16H2,1-4H3,(H,33,37,43)(H,34,38,44)/t19-,20-/m0/s1. The maximum absolute atomic E-state index is 12.7. The normalized spacial score (nSPS) is 16.0. The lowest BCUT2D eigenvalue weighted by atomic mass is 9.82. The zero-order valence-corrected chi connectivity index (χ0v) is 27.5. The number of rotatable bonds is 10.